The Morgan fingerprint density at radius 3 is 2.62 bits per heavy atom. The highest BCUT2D eigenvalue weighted by Gasteiger charge is 2.15. The van der Waals surface area contributed by atoms with Crippen molar-refractivity contribution in [2.45, 2.75) is 12.5 Å². The maximum atomic E-state index is 5.81. The van der Waals surface area contributed by atoms with Gasteiger partial charge in [0.05, 0.1) is 11.6 Å². The molecule has 3 rings (SSSR count). The van der Waals surface area contributed by atoms with Gasteiger partial charge in [0.25, 0.3) is 0 Å². The van der Waals surface area contributed by atoms with Crippen LogP contribution in [-0.2, 0) is 6.42 Å². The van der Waals surface area contributed by atoms with Crippen molar-refractivity contribution >= 4 is 26.8 Å². The smallest absolute Gasteiger partial charge is 0.0705 e. The average Bonchev–Trinajstić information content (AvgIpc) is 2.54. The Balaban J connectivity index is 2.01. The average molecular weight is 342 g/mol. The first-order valence-electron chi connectivity index (χ1n) is 6.83. The fourth-order valence-electron chi connectivity index (χ4n) is 2.56. The minimum absolute atomic E-state index is 0.0385. The molecule has 0 amide bonds. The van der Waals surface area contributed by atoms with Gasteiger partial charge in [0, 0.05) is 16.1 Å². The van der Waals surface area contributed by atoms with Crippen LogP contribution in [0.15, 0.2) is 65.3 Å². The molecule has 21 heavy (non-hydrogen) atoms. The molecule has 0 aliphatic carbocycles. The number of para-hydroxylation sites is 1. The molecular formula is C17H16BrN3. The van der Waals surface area contributed by atoms with Gasteiger partial charge in [-0.15, -0.1) is 0 Å². The van der Waals surface area contributed by atoms with E-state index in [-0.39, 0.29) is 6.04 Å². The Labute approximate surface area is 132 Å². The molecule has 0 aliphatic rings. The maximum absolute atomic E-state index is 5.81. The molecule has 0 fully saturated rings. The van der Waals surface area contributed by atoms with Gasteiger partial charge in [-0.2, -0.15) is 0 Å². The number of nitrogens with zero attached hydrogens (tertiary/aromatic N) is 1. The van der Waals surface area contributed by atoms with Crippen molar-refractivity contribution in [1.82, 2.24) is 10.4 Å². The Morgan fingerprint density at radius 2 is 1.81 bits per heavy atom. The number of hydrazine groups is 1. The monoisotopic (exact) mass is 341 g/mol. The second-order valence-electron chi connectivity index (χ2n) is 4.93. The van der Waals surface area contributed by atoms with E-state index in [1.165, 1.54) is 11.1 Å². The second kappa shape index (κ2) is 6.35. The number of hydrogen-bond donors (Lipinski definition) is 2. The van der Waals surface area contributed by atoms with Crippen LogP contribution in [0.5, 0.6) is 0 Å². The van der Waals surface area contributed by atoms with Gasteiger partial charge in [-0.1, -0.05) is 52.3 Å². The van der Waals surface area contributed by atoms with Crippen LogP contribution >= 0.6 is 15.9 Å². The highest BCUT2D eigenvalue weighted by atomic mass is 79.9. The lowest BCUT2D eigenvalue weighted by molar-refractivity contribution is 0.554. The van der Waals surface area contributed by atoms with Gasteiger partial charge < -0.3 is 0 Å². The molecule has 2 aromatic carbocycles. The minimum Gasteiger partial charge on any atom is -0.271 e. The third-order valence-electron chi connectivity index (χ3n) is 3.64. The first-order valence-corrected chi connectivity index (χ1v) is 7.62. The van der Waals surface area contributed by atoms with Gasteiger partial charge >= 0.3 is 0 Å². The fraction of sp³-hybridized carbons (Fsp3) is 0.118. The summed E-state index contributed by atoms with van der Waals surface area (Å²) in [6.45, 7) is 0. The van der Waals surface area contributed by atoms with Gasteiger partial charge in [-0.25, -0.2) is 0 Å². The molecule has 3 nitrogen and oxygen atoms in total. The molecule has 1 atom stereocenters. The van der Waals surface area contributed by atoms with Crippen molar-refractivity contribution in [3.05, 3.63) is 76.4 Å². The predicted octanol–water partition coefficient (Wildman–Crippen LogP) is 3.74. The number of nitrogens with one attached hydrogen (secondary N) is 1. The zero-order chi connectivity index (χ0) is 14.7. The quantitative estimate of drug-likeness (QED) is 0.561. The number of benzene rings is 2. The molecule has 4 heteroatoms. The number of halogens is 1. The highest BCUT2D eigenvalue weighted by Crippen LogP contribution is 2.27. The third-order valence-corrected chi connectivity index (χ3v) is 4.41. The summed E-state index contributed by atoms with van der Waals surface area (Å²) >= 11 is 3.60. The van der Waals surface area contributed by atoms with Crippen LogP contribution in [0.4, 0.5) is 0 Å². The highest BCUT2D eigenvalue weighted by molar-refractivity contribution is 9.10. The van der Waals surface area contributed by atoms with Gasteiger partial charge in [0.1, 0.15) is 0 Å². The molecule has 1 aromatic heterocycles. The number of nitrogens with two attached hydrogens (primary N) is 1. The van der Waals surface area contributed by atoms with Gasteiger partial charge in [0.15, 0.2) is 0 Å². The normalized spacial score (nSPS) is 12.5. The predicted molar refractivity (Wildman–Crippen MR) is 89.7 cm³/mol. The summed E-state index contributed by atoms with van der Waals surface area (Å²) < 4.78 is 1.10. The van der Waals surface area contributed by atoms with Crippen molar-refractivity contribution in [3.63, 3.8) is 0 Å². The lowest BCUT2D eigenvalue weighted by Crippen LogP contribution is -2.29. The van der Waals surface area contributed by atoms with Crippen LogP contribution in [0, 0.1) is 0 Å². The Bertz CT molecular complexity index is 752. The van der Waals surface area contributed by atoms with E-state index in [0.717, 1.165) is 21.8 Å². The van der Waals surface area contributed by atoms with Gasteiger partial charge in [-0.05, 0) is 35.7 Å². The van der Waals surface area contributed by atoms with Gasteiger partial charge in [0.2, 0.25) is 0 Å². The van der Waals surface area contributed by atoms with Crippen LogP contribution in [0.3, 0.4) is 0 Å². The summed E-state index contributed by atoms with van der Waals surface area (Å²) in [4.78, 5) is 4.41. The van der Waals surface area contributed by atoms with Crippen molar-refractivity contribution < 1.29 is 0 Å². The van der Waals surface area contributed by atoms with Crippen molar-refractivity contribution in [2.24, 2.45) is 5.84 Å². The van der Waals surface area contributed by atoms with Crippen LogP contribution < -0.4 is 11.3 Å². The lowest BCUT2D eigenvalue weighted by atomic mass is 9.96. The van der Waals surface area contributed by atoms with Gasteiger partial charge in [-0.3, -0.25) is 16.3 Å². The number of fused-ring (bicyclic) bond motifs is 1. The Kier molecular flexibility index (Phi) is 4.29. The molecular weight excluding hydrogens is 326 g/mol. The van der Waals surface area contributed by atoms with Crippen molar-refractivity contribution in [2.75, 3.05) is 0 Å². The Hall–Kier alpha value is -1.75. The van der Waals surface area contributed by atoms with E-state index in [0.29, 0.717) is 0 Å². The molecule has 1 unspecified atom stereocenters. The molecule has 0 bridgehead atoms. The molecule has 1 heterocycles. The van der Waals surface area contributed by atoms with E-state index in [1.54, 1.807) is 0 Å². The SMILES string of the molecule is NNC(Cc1ccccc1Br)c1ccnc2ccccc12. The van der Waals surface area contributed by atoms with Crippen LogP contribution in [0.2, 0.25) is 0 Å². The molecule has 0 saturated carbocycles. The second-order valence-corrected chi connectivity index (χ2v) is 5.79. The van der Waals surface area contributed by atoms with E-state index in [4.69, 9.17) is 5.84 Å². The number of hydrogen-bond acceptors (Lipinski definition) is 3. The Morgan fingerprint density at radius 1 is 1.05 bits per heavy atom. The molecule has 0 spiro atoms. The summed E-state index contributed by atoms with van der Waals surface area (Å²) in [6.07, 6.45) is 2.65. The van der Waals surface area contributed by atoms with E-state index in [1.807, 2.05) is 48.7 Å². The number of rotatable bonds is 4. The zero-order valence-corrected chi connectivity index (χ0v) is 13.0. The first kappa shape index (κ1) is 14.2. The summed E-state index contributed by atoms with van der Waals surface area (Å²) in [5.41, 5.74) is 6.31. The molecule has 106 valence electrons. The molecule has 3 N–H and O–H groups in total. The molecule has 0 aliphatic heterocycles. The lowest BCUT2D eigenvalue weighted by Gasteiger charge is -2.19. The fourth-order valence-corrected chi connectivity index (χ4v) is 3.01. The van der Waals surface area contributed by atoms with E-state index in [2.05, 4.69) is 38.5 Å². The first-order chi connectivity index (χ1) is 10.3. The largest absolute Gasteiger partial charge is 0.271 e. The summed E-state index contributed by atoms with van der Waals surface area (Å²) in [5, 5.41) is 1.13. The zero-order valence-electron chi connectivity index (χ0n) is 11.5. The van der Waals surface area contributed by atoms with Crippen LogP contribution in [0.1, 0.15) is 17.2 Å². The standard InChI is InChI=1S/C17H16BrN3/c18-15-7-3-1-5-12(15)11-17(21-19)14-9-10-20-16-8-4-2-6-13(14)16/h1-10,17,21H,11,19H2. The summed E-state index contributed by atoms with van der Waals surface area (Å²) in [7, 11) is 0. The molecule has 0 radical (unpaired) electrons. The minimum atomic E-state index is 0.0385. The van der Waals surface area contributed by atoms with Crippen LogP contribution in [-0.4, -0.2) is 4.98 Å². The van der Waals surface area contributed by atoms with E-state index >= 15 is 0 Å². The number of pyridine rings is 1. The van der Waals surface area contributed by atoms with E-state index < -0.39 is 0 Å². The van der Waals surface area contributed by atoms with Crippen molar-refractivity contribution in [1.29, 1.82) is 0 Å². The molecule has 3 aromatic rings. The third kappa shape index (κ3) is 2.97. The van der Waals surface area contributed by atoms with E-state index in [9.17, 15) is 0 Å². The maximum Gasteiger partial charge on any atom is 0.0705 e. The topological polar surface area (TPSA) is 50.9 Å². The number of aromatic nitrogens is 1. The molecule has 0 saturated heterocycles. The van der Waals surface area contributed by atoms with Crippen LogP contribution in [0.25, 0.3) is 10.9 Å². The van der Waals surface area contributed by atoms with Crippen molar-refractivity contribution in [3.8, 4) is 0 Å². The summed E-state index contributed by atoms with van der Waals surface area (Å²) in [5.74, 6) is 5.81. The summed E-state index contributed by atoms with van der Waals surface area (Å²) in [6, 6.07) is 18.4.